The molecule has 0 amide bonds. The quantitative estimate of drug-likeness (QED) is 0.898. The standard InChI is InChI=1S/C13H12N4O2S/c1-20(18,19)17-12-5-6-13(15-9-12)16-11-4-2-3-10(7-11)8-14/h2-7,9,17H,1H3,(H,15,16). The van der Waals surface area contributed by atoms with Gasteiger partial charge in [0, 0.05) is 5.69 Å². The molecule has 102 valence electrons. The van der Waals surface area contributed by atoms with Crippen LogP contribution in [-0.4, -0.2) is 19.7 Å². The van der Waals surface area contributed by atoms with E-state index in [9.17, 15) is 8.42 Å². The summed E-state index contributed by atoms with van der Waals surface area (Å²) in [5, 5.41) is 11.8. The lowest BCUT2D eigenvalue weighted by Crippen LogP contribution is -2.09. The maximum absolute atomic E-state index is 11.1. The molecule has 1 aromatic carbocycles. The summed E-state index contributed by atoms with van der Waals surface area (Å²) in [7, 11) is -3.30. The Morgan fingerprint density at radius 1 is 1.20 bits per heavy atom. The molecule has 0 saturated heterocycles. The zero-order valence-corrected chi connectivity index (χ0v) is 11.5. The molecule has 2 N–H and O–H groups in total. The van der Waals surface area contributed by atoms with Crippen LogP contribution < -0.4 is 10.0 Å². The lowest BCUT2D eigenvalue weighted by Gasteiger charge is -2.07. The van der Waals surface area contributed by atoms with Crippen LogP contribution in [0, 0.1) is 11.3 Å². The van der Waals surface area contributed by atoms with Gasteiger partial charge in [-0.05, 0) is 30.3 Å². The number of hydrogen-bond acceptors (Lipinski definition) is 5. The summed E-state index contributed by atoms with van der Waals surface area (Å²) in [6.45, 7) is 0. The van der Waals surface area contributed by atoms with Crippen LogP contribution in [0.1, 0.15) is 5.56 Å². The van der Waals surface area contributed by atoms with Gasteiger partial charge in [-0.1, -0.05) is 6.07 Å². The van der Waals surface area contributed by atoms with Gasteiger partial charge in [0.2, 0.25) is 10.0 Å². The molecule has 1 heterocycles. The number of rotatable bonds is 4. The smallest absolute Gasteiger partial charge is 0.229 e. The Hall–Kier alpha value is -2.59. The summed E-state index contributed by atoms with van der Waals surface area (Å²) < 4.78 is 24.5. The Kier molecular flexibility index (Phi) is 3.86. The summed E-state index contributed by atoms with van der Waals surface area (Å²) in [4.78, 5) is 4.09. The minimum absolute atomic E-state index is 0.392. The Morgan fingerprint density at radius 3 is 2.60 bits per heavy atom. The normalized spacial score (nSPS) is 10.6. The second-order valence-corrected chi connectivity index (χ2v) is 5.87. The minimum atomic E-state index is -3.30. The van der Waals surface area contributed by atoms with Crippen LogP contribution in [0.25, 0.3) is 0 Å². The molecule has 0 fully saturated rings. The van der Waals surface area contributed by atoms with E-state index < -0.39 is 10.0 Å². The van der Waals surface area contributed by atoms with Crippen molar-refractivity contribution < 1.29 is 8.42 Å². The predicted molar refractivity (Wildman–Crippen MR) is 77.1 cm³/mol. The maximum atomic E-state index is 11.1. The summed E-state index contributed by atoms with van der Waals surface area (Å²) in [6, 6.07) is 12.3. The van der Waals surface area contributed by atoms with Gasteiger partial charge in [-0.25, -0.2) is 13.4 Å². The van der Waals surface area contributed by atoms with Crippen molar-refractivity contribution >= 4 is 27.2 Å². The highest BCUT2D eigenvalue weighted by atomic mass is 32.2. The topological polar surface area (TPSA) is 94.9 Å². The third-order valence-corrected chi connectivity index (χ3v) is 2.94. The van der Waals surface area contributed by atoms with Crippen LogP contribution in [0.3, 0.4) is 0 Å². The van der Waals surface area contributed by atoms with Crippen molar-refractivity contribution in [2.45, 2.75) is 0 Å². The van der Waals surface area contributed by atoms with Gasteiger partial charge in [0.1, 0.15) is 5.82 Å². The van der Waals surface area contributed by atoms with Crippen molar-refractivity contribution in [3.63, 3.8) is 0 Å². The summed E-state index contributed by atoms with van der Waals surface area (Å²) >= 11 is 0. The molecule has 0 bridgehead atoms. The molecule has 20 heavy (non-hydrogen) atoms. The molecule has 2 rings (SSSR count). The summed E-state index contributed by atoms with van der Waals surface area (Å²) in [5.74, 6) is 0.555. The molecule has 0 saturated carbocycles. The first-order valence-corrected chi connectivity index (χ1v) is 7.56. The predicted octanol–water partition coefficient (Wildman–Crippen LogP) is 2.07. The molecule has 0 aliphatic heterocycles. The molecule has 6 nitrogen and oxygen atoms in total. The third-order valence-electron chi connectivity index (χ3n) is 2.33. The van der Waals surface area contributed by atoms with E-state index in [1.165, 1.54) is 6.20 Å². The van der Waals surface area contributed by atoms with Crippen molar-refractivity contribution in [2.75, 3.05) is 16.3 Å². The second kappa shape index (κ2) is 5.59. The third kappa shape index (κ3) is 3.96. The highest BCUT2D eigenvalue weighted by Gasteiger charge is 2.02. The zero-order valence-electron chi connectivity index (χ0n) is 10.7. The molecule has 1 aromatic heterocycles. The molecule has 0 aliphatic carbocycles. The molecular weight excluding hydrogens is 276 g/mol. The van der Waals surface area contributed by atoms with E-state index in [4.69, 9.17) is 5.26 Å². The lowest BCUT2D eigenvalue weighted by molar-refractivity contribution is 0.607. The van der Waals surface area contributed by atoms with Crippen LogP contribution in [0.5, 0.6) is 0 Å². The van der Waals surface area contributed by atoms with Crippen LogP contribution >= 0.6 is 0 Å². The van der Waals surface area contributed by atoms with E-state index in [1.807, 2.05) is 6.07 Å². The molecule has 0 unspecified atom stereocenters. The van der Waals surface area contributed by atoms with E-state index in [0.717, 1.165) is 11.9 Å². The van der Waals surface area contributed by atoms with Gasteiger partial charge in [0.15, 0.2) is 0 Å². The van der Waals surface area contributed by atoms with Gasteiger partial charge in [-0.15, -0.1) is 0 Å². The largest absolute Gasteiger partial charge is 0.340 e. The van der Waals surface area contributed by atoms with Crippen molar-refractivity contribution in [3.8, 4) is 6.07 Å². The molecular formula is C13H12N4O2S. The van der Waals surface area contributed by atoms with Crippen molar-refractivity contribution in [1.82, 2.24) is 4.98 Å². The second-order valence-electron chi connectivity index (χ2n) is 4.12. The monoisotopic (exact) mass is 288 g/mol. The van der Waals surface area contributed by atoms with E-state index in [-0.39, 0.29) is 0 Å². The molecule has 7 heteroatoms. The van der Waals surface area contributed by atoms with Crippen LogP contribution in [-0.2, 0) is 10.0 Å². The fourth-order valence-corrected chi connectivity index (χ4v) is 2.11. The molecule has 0 spiro atoms. The number of nitriles is 1. The van der Waals surface area contributed by atoms with Crippen molar-refractivity contribution in [1.29, 1.82) is 5.26 Å². The number of anilines is 3. The minimum Gasteiger partial charge on any atom is -0.340 e. The van der Waals surface area contributed by atoms with Crippen LogP contribution in [0.4, 0.5) is 17.2 Å². The van der Waals surface area contributed by atoms with Gasteiger partial charge >= 0.3 is 0 Å². The highest BCUT2D eigenvalue weighted by Crippen LogP contribution is 2.17. The van der Waals surface area contributed by atoms with Crippen LogP contribution in [0.2, 0.25) is 0 Å². The number of sulfonamides is 1. The van der Waals surface area contributed by atoms with E-state index >= 15 is 0 Å². The Morgan fingerprint density at radius 2 is 2.00 bits per heavy atom. The van der Waals surface area contributed by atoms with Crippen LogP contribution in [0.15, 0.2) is 42.6 Å². The van der Waals surface area contributed by atoms with E-state index in [0.29, 0.717) is 17.1 Å². The van der Waals surface area contributed by atoms with E-state index in [2.05, 4.69) is 21.1 Å². The van der Waals surface area contributed by atoms with Gasteiger partial charge in [-0.3, -0.25) is 4.72 Å². The summed E-state index contributed by atoms with van der Waals surface area (Å²) in [5.41, 5.74) is 1.68. The lowest BCUT2D eigenvalue weighted by atomic mass is 10.2. The van der Waals surface area contributed by atoms with Gasteiger partial charge in [-0.2, -0.15) is 5.26 Å². The number of nitrogens with one attached hydrogen (secondary N) is 2. The maximum Gasteiger partial charge on any atom is 0.229 e. The molecule has 0 radical (unpaired) electrons. The summed E-state index contributed by atoms with van der Waals surface area (Å²) in [6.07, 6.45) is 2.49. The van der Waals surface area contributed by atoms with Gasteiger partial charge in [0.05, 0.1) is 29.8 Å². The number of benzene rings is 1. The molecule has 0 atom stereocenters. The first-order chi connectivity index (χ1) is 9.46. The van der Waals surface area contributed by atoms with E-state index in [1.54, 1.807) is 30.3 Å². The zero-order chi connectivity index (χ0) is 14.6. The average Bonchev–Trinajstić information content (AvgIpc) is 2.40. The number of pyridine rings is 1. The average molecular weight is 288 g/mol. The van der Waals surface area contributed by atoms with Crippen molar-refractivity contribution in [3.05, 3.63) is 48.2 Å². The highest BCUT2D eigenvalue weighted by molar-refractivity contribution is 7.92. The molecule has 2 aromatic rings. The Bertz CT molecular complexity index is 749. The number of aromatic nitrogens is 1. The number of hydrogen-bond donors (Lipinski definition) is 2. The van der Waals surface area contributed by atoms with Crippen molar-refractivity contribution in [2.24, 2.45) is 0 Å². The number of nitrogens with zero attached hydrogens (tertiary/aromatic N) is 2. The first-order valence-electron chi connectivity index (χ1n) is 5.67. The first kappa shape index (κ1) is 13.8. The molecule has 0 aliphatic rings. The Balaban J connectivity index is 2.13. The van der Waals surface area contributed by atoms with Gasteiger partial charge < -0.3 is 5.32 Å². The SMILES string of the molecule is CS(=O)(=O)Nc1ccc(Nc2cccc(C#N)c2)nc1. The van der Waals surface area contributed by atoms with Gasteiger partial charge in [0.25, 0.3) is 0 Å². The fourth-order valence-electron chi connectivity index (χ4n) is 1.56. The Labute approximate surface area is 117 Å². The fraction of sp³-hybridized carbons (Fsp3) is 0.0769.